The first-order chi connectivity index (χ1) is 12.0. The fraction of sp³-hybridized carbons (Fsp3) is 0.100. The van der Waals surface area contributed by atoms with Crippen molar-refractivity contribution < 1.29 is 18.4 Å². The standard InChI is InChI=1S/C20H15F2NO2/c21-17-8-7-16(12-18(17)22)23-20(25)10-9-19(24)15-6-5-13-3-1-2-4-14(13)11-15/h1-8,11-12H,9-10H2,(H,23,25). The Morgan fingerprint density at radius 2 is 1.56 bits per heavy atom. The van der Waals surface area contributed by atoms with E-state index in [2.05, 4.69) is 5.32 Å². The van der Waals surface area contributed by atoms with Gasteiger partial charge in [0, 0.05) is 30.2 Å². The van der Waals surface area contributed by atoms with E-state index < -0.39 is 17.5 Å². The number of nitrogens with one attached hydrogen (secondary N) is 1. The van der Waals surface area contributed by atoms with E-state index in [9.17, 15) is 18.4 Å². The lowest BCUT2D eigenvalue weighted by molar-refractivity contribution is -0.116. The molecule has 0 aliphatic rings. The highest BCUT2D eigenvalue weighted by atomic mass is 19.2. The number of ketones is 1. The highest BCUT2D eigenvalue weighted by molar-refractivity contribution is 6.02. The van der Waals surface area contributed by atoms with E-state index >= 15 is 0 Å². The Labute approximate surface area is 143 Å². The van der Waals surface area contributed by atoms with Gasteiger partial charge in [0.25, 0.3) is 0 Å². The van der Waals surface area contributed by atoms with Gasteiger partial charge < -0.3 is 5.32 Å². The summed E-state index contributed by atoms with van der Waals surface area (Å²) in [7, 11) is 0. The van der Waals surface area contributed by atoms with Gasteiger partial charge in [-0.25, -0.2) is 8.78 Å². The molecular formula is C20H15F2NO2. The second-order valence-electron chi connectivity index (χ2n) is 5.66. The molecule has 0 heterocycles. The quantitative estimate of drug-likeness (QED) is 0.684. The van der Waals surface area contributed by atoms with Gasteiger partial charge >= 0.3 is 0 Å². The lowest BCUT2D eigenvalue weighted by Crippen LogP contribution is -2.13. The normalized spacial score (nSPS) is 10.6. The van der Waals surface area contributed by atoms with Gasteiger partial charge in [0.1, 0.15) is 0 Å². The number of carbonyl (C=O) groups excluding carboxylic acids is 2. The Kier molecular flexibility index (Phi) is 4.84. The zero-order valence-corrected chi connectivity index (χ0v) is 13.3. The Morgan fingerprint density at radius 3 is 2.32 bits per heavy atom. The van der Waals surface area contributed by atoms with E-state index in [-0.39, 0.29) is 24.3 Å². The predicted octanol–water partition coefficient (Wildman–Crippen LogP) is 4.72. The van der Waals surface area contributed by atoms with Crippen LogP contribution in [0.3, 0.4) is 0 Å². The molecule has 0 fully saturated rings. The van der Waals surface area contributed by atoms with Crippen molar-refractivity contribution in [1.82, 2.24) is 0 Å². The summed E-state index contributed by atoms with van der Waals surface area (Å²) in [6.45, 7) is 0. The number of fused-ring (bicyclic) bond motifs is 1. The Bertz CT molecular complexity index is 953. The van der Waals surface area contributed by atoms with Crippen LogP contribution in [-0.2, 0) is 4.79 Å². The molecule has 0 aliphatic carbocycles. The molecule has 0 aliphatic heterocycles. The van der Waals surface area contributed by atoms with Crippen LogP contribution < -0.4 is 5.32 Å². The predicted molar refractivity (Wildman–Crippen MR) is 92.5 cm³/mol. The van der Waals surface area contributed by atoms with Crippen LogP contribution in [0.1, 0.15) is 23.2 Å². The van der Waals surface area contributed by atoms with Gasteiger partial charge in [0.2, 0.25) is 5.91 Å². The molecule has 0 aromatic heterocycles. The molecule has 3 rings (SSSR count). The van der Waals surface area contributed by atoms with Crippen LogP contribution in [0.25, 0.3) is 10.8 Å². The summed E-state index contributed by atoms with van der Waals surface area (Å²) in [4.78, 5) is 24.1. The van der Waals surface area contributed by atoms with Gasteiger partial charge in [-0.05, 0) is 29.0 Å². The molecule has 126 valence electrons. The number of benzene rings is 3. The van der Waals surface area contributed by atoms with Crippen molar-refractivity contribution in [2.75, 3.05) is 5.32 Å². The van der Waals surface area contributed by atoms with Crippen LogP contribution in [0.4, 0.5) is 14.5 Å². The molecule has 3 aromatic carbocycles. The summed E-state index contributed by atoms with van der Waals surface area (Å²) in [6.07, 6.45) is -0.00148. The maximum absolute atomic E-state index is 13.1. The molecule has 0 saturated carbocycles. The van der Waals surface area contributed by atoms with E-state index in [1.54, 1.807) is 12.1 Å². The summed E-state index contributed by atoms with van der Waals surface area (Å²) in [5, 5.41) is 4.44. The number of amides is 1. The first-order valence-corrected chi connectivity index (χ1v) is 7.80. The van der Waals surface area contributed by atoms with Crippen molar-refractivity contribution in [3.8, 4) is 0 Å². The van der Waals surface area contributed by atoms with Gasteiger partial charge in [-0.15, -0.1) is 0 Å². The maximum Gasteiger partial charge on any atom is 0.224 e. The summed E-state index contributed by atoms with van der Waals surface area (Å²) >= 11 is 0. The Balaban J connectivity index is 1.60. The molecular weight excluding hydrogens is 324 g/mol. The van der Waals surface area contributed by atoms with Gasteiger partial charge in [-0.3, -0.25) is 9.59 Å². The Hall–Kier alpha value is -3.08. The van der Waals surface area contributed by atoms with Crippen LogP contribution in [0.15, 0.2) is 60.7 Å². The van der Waals surface area contributed by atoms with Crippen molar-refractivity contribution in [2.45, 2.75) is 12.8 Å². The number of halogens is 2. The van der Waals surface area contributed by atoms with Crippen LogP contribution in [0.2, 0.25) is 0 Å². The maximum atomic E-state index is 13.1. The number of Topliss-reactive ketones (excluding diaryl/α,β-unsaturated/α-hetero) is 1. The SMILES string of the molecule is O=C(CCC(=O)c1ccc2ccccc2c1)Nc1ccc(F)c(F)c1. The fourth-order valence-electron chi connectivity index (χ4n) is 2.53. The first-order valence-electron chi connectivity index (χ1n) is 7.80. The van der Waals surface area contributed by atoms with Crippen molar-refractivity contribution in [3.63, 3.8) is 0 Å². The van der Waals surface area contributed by atoms with Gasteiger partial charge in [-0.1, -0.05) is 36.4 Å². The minimum atomic E-state index is -1.04. The summed E-state index contributed by atoms with van der Waals surface area (Å²) in [5.41, 5.74) is 0.696. The third-order valence-electron chi connectivity index (χ3n) is 3.85. The lowest BCUT2D eigenvalue weighted by atomic mass is 10.0. The zero-order valence-electron chi connectivity index (χ0n) is 13.3. The molecule has 0 radical (unpaired) electrons. The van der Waals surface area contributed by atoms with E-state index in [1.807, 2.05) is 30.3 Å². The molecule has 0 spiro atoms. The average Bonchev–Trinajstić information content (AvgIpc) is 2.62. The van der Waals surface area contributed by atoms with E-state index in [4.69, 9.17) is 0 Å². The molecule has 0 atom stereocenters. The highest BCUT2D eigenvalue weighted by Crippen LogP contribution is 2.18. The minimum Gasteiger partial charge on any atom is -0.326 e. The second-order valence-corrected chi connectivity index (χ2v) is 5.66. The summed E-state index contributed by atoms with van der Waals surface area (Å²) in [6, 6.07) is 16.2. The van der Waals surface area contributed by atoms with Crippen LogP contribution >= 0.6 is 0 Å². The third-order valence-corrected chi connectivity index (χ3v) is 3.85. The monoisotopic (exact) mass is 339 g/mol. The molecule has 0 saturated heterocycles. The molecule has 5 heteroatoms. The number of carbonyl (C=O) groups is 2. The summed E-state index contributed by atoms with van der Waals surface area (Å²) < 4.78 is 26.0. The van der Waals surface area contributed by atoms with Crippen molar-refractivity contribution in [1.29, 1.82) is 0 Å². The molecule has 3 nitrogen and oxygen atoms in total. The fourth-order valence-corrected chi connectivity index (χ4v) is 2.53. The third kappa shape index (κ3) is 4.07. The van der Waals surface area contributed by atoms with Crippen LogP contribution in [0.5, 0.6) is 0 Å². The molecule has 25 heavy (non-hydrogen) atoms. The van der Waals surface area contributed by atoms with E-state index in [0.717, 1.165) is 22.9 Å². The van der Waals surface area contributed by atoms with E-state index in [1.165, 1.54) is 6.07 Å². The smallest absolute Gasteiger partial charge is 0.224 e. The molecule has 0 unspecified atom stereocenters. The molecule has 0 bridgehead atoms. The van der Waals surface area contributed by atoms with Crippen molar-refractivity contribution >= 4 is 28.2 Å². The van der Waals surface area contributed by atoms with Crippen LogP contribution in [-0.4, -0.2) is 11.7 Å². The van der Waals surface area contributed by atoms with Gasteiger partial charge in [0.15, 0.2) is 17.4 Å². The lowest BCUT2D eigenvalue weighted by Gasteiger charge is -2.06. The number of hydrogen-bond donors (Lipinski definition) is 1. The van der Waals surface area contributed by atoms with E-state index in [0.29, 0.717) is 5.56 Å². The molecule has 1 amide bonds. The largest absolute Gasteiger partial charge is 0.326 e. The van der Waals surface area contributed by atoms with Gasteiger partial charge in [-0.2, -0.15) is 0 Å². The number of hydrogen-bond acceptors (Lipinski definition) is 2. The zero-order chi connectivity index (χ0) is 17.8. The minimum absolute atomic E-state index is 0.0356. The average molecular weight is 339 g/mol. The molecule has 1 N–H and O–H groups in total. The topological polar surface area (TPSA) is 46.2 Å². The number of rotatable bonds is 5. The molecule has 3 aromatic rings. The van der Waals surface area contributed by atoms with Crippen LogP contribution in [0, 0.1) is 11.6 Å². The second kappa shape index (κ2) is 7.21. The Morgan fingerprint density at radius 1 is 0.800 bits per heavy atom. The van der Waals surface area contributed by atoms with Gasteiger partial charge in [0.05, 0.1) is 0 Å². The van der Waals surface area contributed by atoms with Crippen molar-refractivity contribution in [2.24, 2.45) is 0 Å². The first kappa shape index (κ1) is 16.8. The number of anilines is 1. The van der Waals surface area contributed by atoms with Crippen molar-refractivity contribution in [3.05, 3.63) is 77.9 Å². The summed E-state index contributed by atoms with van der Waals surface area (Å²) in [5.74, 6) is -2.60. The highest BCUT2D eigenvalue weighted by Gasteiger charge is 2.11.